The molecule has 26 heavy (non-hydrogen) atoms. The van der Waals surface area contributed by atoms with E-state index < -0.39 is 5.82 Å². The lowest BCUT2D eigenvalue weighted by molar-refractivity contribution is -0.116. The summed E-state index contributed by atoms with van der Waals surface area (Å²) < 4.78 is 26.8. The molecule has 3 aromatic rings. The van der Waals surface area contributed by atoms with E-state index in [2.05, 4.69) is 21.9 Å². The van der Waals surface area contributed by atoms with Gasteiger partial charge in [0.2, 0.25) is 5.91 Å². The third-order valence-corrected chi connectivity index (χ3v) is 3.76. The quantitative estimate of drug-likeness (QED) is 0.710. The molecule has 1 amide bonds. The fourth-order valence-corrected chi connectivity index (χ4v) is 2.45. The zero-order chi connectivity index (χ0) is 18.5. The smallest absolute Gasteiger partial charge is 0.243 e. The highest BCUT2D eigenvalue weighted by Gasteiger charge is 2.12. The molecule has 0 radical (unpaired) electrons. The summed E-state index contributed by atoms with van der Waals surface area (Å²) >= 11 is 0. The fraction of sp³-hybridized carbons (Fsp3) is 0.0500. The first-order valence-corrected chi connectivity index (χ1v) is 7.84. The highest BCUT2D eigenvalue weighted by atomic mass is 19.1. The van der Waals surface area contributed by atoms with Crippen LogP contribution in [0.1, 0.15) is 5.56 Å². The second-order valence-electron chi connectivity index (χ2n) is 5.51. The summed E-state index contributed by atoms with van der Waals surface area (Å²) in [6.07, 6.45) is 4.12. The Morgan fingerprint density at radius 3 is 2.50 bits per heavy atom. The molecule has 0 aliphatic rings. The second kappa shape index (κ2) is 7.65. The second-order valence-corrected chi connectivity index (χ2v) is 5.51. The Labute approximate surface area is 149 Å². The number of nitrogens with zero attached hydrogens (tertiary/aromatic N) is 2. The molecule has 0 saturated heterocycles. The fourth-order valence-electron chi connectivity index (χ4n) is 2.45. The number of carbonyl (C=O) groups is 1. The number of aromatic nitrogens is 2. The molecule has 6 heteroatoms. The van der Waals surface area contributed by atoms with Gasteiger partial charge < -0.3 is 5.32 Å². The molecule has 0 aliphatic heterocycles. The Hall–Kier alpha value is -3.41. The van der Waals surface area contributed by atoms with E-state index in [1.807, 2.05) is 0 Å². The maximum atomic E-state index is 13.6. The van der Waals surface area contributed by atoms with Crippen LogP contribution < -0.4 is 5.32 Å². The lowest BCUT2D eigenvalue weighted by Crippen LogP contribution is -2.20. The summed E-state index contributed by atoms with van der Waals surface area (Å²) in [5.74, 6) is -1.09. The summed E-state index contributed by atoms with van der Waals surface area (Å²) in [6.45, 7) is 3.60. The van der Waals surface area contributed by atoms with Gasteiger partial charge in [-0.15, -0.1) is 0 Å². The third kappa shape index (κ3) is 3.97. The zero-order valence-electron chi connectivity index (χ0n) is 13.7. The number of halogens is 2. The minimum atomic E-state index is -0.420. The van der Waals surface area contributed by atoms with Crippen molar-refractivity contribution in [3.05, 3.63) is 84.7 Å². The van der Waals surface area contributed by atoms with Gasteiger partial charge in [-0.05, 0) is 48.0 Å². The van der Waals surface area contributed by atoms with Gasteiger partial charge in [0, 0.05) is 36.1 Å². The number of hydrogen-bond donors (Lipinski definition) is 1. The van der Waals surface area contributed by atoms with Gasteiger partial charge in [-0.1, -0.05) is 6.58 Å². The molecular weight excluding hydrogens is 336 g/mol. The van der Waals surface area contributed by atoms with Crippen molar-refractivity contribution in [1.82, 2.24) is 15.3 Å². The van der Waals surface area contributed by atoms with Crippen LogP contribution in [0.3, 0.4) is 0 Å². The highest BCUT2D eigenvalue weighted by Crippen LogP contribution is 2.27. The van der Waals surface area contributed by atoms with E-state index in [1.165, 1.54) is 36.5 Å². The van der Waals surface area contributed by atoms with Crippen LogP contribution in [0.2, 0.25) is 0 Å². The van der Waals surface area contributed by atoms with E-state index in [4.69, 9.17) is 0 Å². The summed E-state index contributed by atoms with van der Waals surface area (Å²) in [6, 6.07) is 10.2. The van der Waals surface area contributed by atoms with Crippen molar-refractivity contribution >= 4 is 5.91 Å². The maximum Gasteiger partial charge on any atom is 0.243 e. The van der Waals surface area contributed by atoms with Gasteiger partial charge in [0.25, 0.3) is 0 Å². The third-order valence-electron chi connectivity index (χ3n) is 3.76. The molecule has 0 bridgehead atoms. The Kier molecular flexibility index (Phi) is 5.12. The SMILES string of the molecule is C=CC(=O)NCc1cnc(-c2ccc(F)cc2)cc1-c1cc(F)ccn1. The van der Waals surface area contributed by atoms with E-state index in [0.29, 0.717) is 28.1 Å². The zero-order valence-corrected chi connectivity index (χ0v) is 13.7. The molecule has 130 valence electrons. The minimum Gasteiger partial charge on any atom is -0.348 e. The van der Waals surface area contributed by atoms with Crippen molar-refractivity contribution in [2.45, 2.75) is 6.54 Å². The molecule has 0 fully saturated rings. The van der Waals surface area contributed by atoms with Crippen molar-refractivity contribution in [3.8, 4) is 22.5 Å². The van der Waals surface area contributed by atoms with Crippen LogP contribution in [0.15, 0.2) is 67.5 Å². The van der Waals surface area contributed by atoms with Crippen LogP contribution in [0, 0.1) is 11.6 Å². The standard InChI is InChI=1S/C20H15F2N3O/c1-2-20(26)25-12-14-11-24-18(13-3-5-15(21)6-4-13)10-17(14)19-9-16(22)7-8-23-19/h2-11H,1,12H2,(H,25,26). The summed E-state index contributed by atoms with van der Waals surface area (Å²) in [5, 5.41) is 2.67. The van der Waals surface area contributed by atoms with Crippen molar-refractivity contribution in [2.24, 2.45) is 0 Å². The van der Waals surface area contributed by atoms with E-state index >= 15 is 0 Å². The van der Waals surface area contributed by atoms with Crippen LogP contribution >= 0.6 is 0 Å². The molecule has 1 aromatic carbocycles. The summed E-state index contributed by atoms with van der Waals surface area (Å²) in [5.41, 5.74) is 3.02. The molecular formula is C20H15F2N3O. The normalized spacial score (nSPS) is 10.4. The first-order valence-electron chi connectivity index (χ1n) is 7.84. The topological polar surface area (TPSA) is 54.9 Å². The minimum absolute atomic E-state index is 0.190. The Morgan fingerprint density at radius 2 is 1.81 bits per heavy atom. The average molecular weight is 351 g/mol. The molecule has 1 N–H and O–H groups in total. The monoisotopic (exact) mass is 351 g/mol. The molecule has 0 spiro atoms. The molecule has 4 nitrogen and oxygen atoms in total. The first-order chi connectivity index (χ1) is 12.6. The van der Waals surface area contributed by atoms with Gasteiger partial charge >= 0.3 is 0 Å². The molecule has 0 aliphatic carbocycles. The molecule has 0 atom stereocenters. The van der Waals surface area contributed by atoms with E-state index in [1.54, 1.807) is 24.4 Å². The number of hydrogen-bond acceptors (Lipinski definition) is 3. The maximum absolute atomic E-state index is 13.6. The van der Waals surface area contributed by atoms with Crippen LogP contribution in [-0.2, 0) is 11.3 Å². The number of nitrogens with one attached hydrogen (secondary N) is 1. The molecule has 2 aromatic heterocycles. The highest BCUT2D eigenvalue weighted by molar-refractivity contribution is 5.87. The van der Waals surface area contributed by atoms with Crippen molar-refractivity contribution in [2.75, 3.05) is 0 Å². The van der Waals surface area contributed by atoms with Gasteiger partial charge in [0.1, 0.15) is 11.6 Å². The van der Waals surface area contributed by atoms with Crippen molar-refractivity contribution < 1.29 is 13.6 Å². The van der Waals surface area contributed by atoms with Crippen LogP contribution in [-0.4, -0.2) is 15.9 Å². The predicted molar refractivity (Wildman–Crippen MR) is 94.9 cm³/mol. The van der Waals surface area contributed by atoms with Gasteiger partial charge in [0.15, 0.2) is 0 Å². The molecule has 2 heterocycles. The van der Waals surface area contributed by atoms with Gasteiger partial charge in [-0.3, -0.25) is 14.8 Å². The predicted octanol–water partition coefficient (Wildman–Crippen LogP) is 3.89. The molecule has 0 saturated carbocycles. The Morgan fingerprint density at radius 1 is 1.04 bits per heavy atom. The van der Waals surface area contributed by atoms with Gasteiger partial charge in [-0.2, -0.15) is 0 Å². The van der Waals surface area contributed by atoms with Gasteiger partial charge in [-0.25, -0.2) is 8.78 Å². The molecule has 0 unspecified atom stereocenters. The molecule has 3 rings (SSSR count). The van der Waals surface area contributed by atoms with Crippen LogP contribution in [0.5, 0.6) is 0 Å². The van der Waals surface area contributed by atoms with E-state index in [-0.39, 0.29) is 18.3 Å². The van der Waals surface area contributed by atoms with Crippen molar-refractivity contribution in [3.63, 3.8) is 0 Å². The number of rotatable bonds is 5. The number of pyridine rings is 2. The average Bonchev–Trinajstić information content (AvgIpc) is 2.66. The number of amides is 1. The first kappa shape index (κ1) is 17.4. The summed E-state index contributed by atoms with van der Waals surface area (Å²) in [4.78, 5) is 20.0. The lowest BCUT2D eigenvalue weighted by Gasteiger charge is -2.12. The number of carbonyl (C=O) groups excluding carboxylic acids is 1. The van der Waals surface area contributed by atoms with Crippen LogP contribution in [0.25, 0.3) is 22.5 Å². The largest absolute Gasteiger partial charge is 0.348 e. The van der Waals surface area contributed by atoms with Gasteiger partial charge in [0.05, 0.1) is 11.4 Å². The van der Waals surface area contributed by atoms with E-state index in [0.717, 1.165) is 0 Å². The summed E-state index contributed by atoms with van der Waals surface area (Å²) in [7, 11) is 0. The Bertz CT molecular complexity index is 956. The lowest BCUT2D eigenvalue weighted by atomic mass is 10.0. The van der Waals surface area contributed by atoms with Crippen molar-refractivity contribution in [1.29, 1.82) is 0 Å². The number of benzene rings is 1. The Balaban J connectivity index is 2.05. The van der Waals surface area contributed by atoms with E-state index in [9.17, 15) is 13.6 Å². The van der Waals surface area contributed by atoms with Crippen LogP contribution in [0.4, 0.5) is 8.78 Å².